The van der Waals surface area contributed by atoms with E-state index in [4.69, 9.17) is 11.6 Å². The zero-order valence-electron chi connectivity index (χ0n) is 11.3. The number of pyridine rings is 1. The van der Waals surface area contributed by atoms with Gasteiger partial charge in [-0.05, 0) is 37.6 Å². The molecule has 5 heteroatoms. The molecular weight excluding hydrogens is 276 g/mol. The van der Waals surface area contributed by atoms with Gasteiger partial charge in [0, 0.05) is 18.4 Å². The summed E-state index contributed by atoms with van der Waals surface area (Å²) in [5, 5.41) is 0.0103. The molecule has 1 N–H and O–H groups in total. The maximum atomic E-state index is 12.5. The number of nitrogens with one attached hydrogen (secondary N) is 1. The van der Waals surface area contributed by atoms with Gasteiger partial charge in [0.1, 0.15) is 5.02 Å². The number of aromatic amines is 1. The fraction of sp³-hybridized carbons (Fsp3) is 0.200. The van der Waals surface area contributed by atoms with E-state index in [0.717, 1.165) is 11.3 Å². The lowest BCUT2D eigenvalue weighted by atomic mass is 10.2. The number of anilines is 1. The molecule has 0 atom stereocenters. The molecule has 0 aliphatic carbocycles. The molecule has 0 aliphatic heterocycles. The van der Waals surface area contributed by atoms with E-state index < -0.39 is 5.56 Å². The summed E-state index contributed by atoms with van der Waals surface area (Å²) in [7, 11) is 0. The van der Waals surface area contributed by atoms with Gasteiger partial charge in [0.25, 0.3) is 11.5 Å². The van der Waals surface area contributed by atoms with E-state index in [1.165, 1.54) is 12.3 Å². The Morgan fingerprint density at radius 3 is 2.70 bits per heavy atom. The van der Waals surface area contributed by atoms with Crippen LogP contribution in [0, 0.1) is 6.92 Å². The van der Waals surface area contributed by atoms with Crippen molar-refractivity contribution in [1.82, 2.24) is 4.98 Å². The van der Waals surface area contributed by atoms with Crippen molar-refractivity contribution < 1.29 is 4.79 Å². The molecule has 0 aliphatic rings. The van der Waals surface area contributed by atoms with Crippen LogP contribution in [-0.4, -0.2) is 17.4 Å². The summed E-state index contributed by atoms with van der Waals surface area (Å²) in [6, 6.07) is 9.08. The Hall–Kier alpha value is -2.07. The fourth-order valence-electron chi connectivity index (χ4n) is 1.97. The van der Waals surface area contributed by atoms with Gasteiger partial charge in [-0.2, -0.15) is 0 Å². The Labute approximate surface area is 122 Å². The molecule has 4 nitrogen and oxygen atoms in total. The molecule has 1 heterocycles. The van der Waals surface area contributed by atoms with Crippen LogP contribution in [0.1, 0.15) is 22.8 Å². The number of amides is 1. The van der Waals surface area contributed by atoms with Crippen molar-refractivity contribution in [2.24, 2.45) is 0 Å². The molecular formula is C15H15ClN2O2. The summed E-state index contributed by atoms with van der Waals surface area (Å²) in [5.74, 6) is -0.198. The number of hydrogen-bond acceptors (Lipinski definition) is 2. The summed E-state index contributed by atoms with van der Waals surface area (Å²) in [5.41, 5.74) is 1.85. The first-order valence-corrected chi connectivity index (χ1v) is 6.67. The number of carbonyl (C=O) groups is 1. The van der Waals surface area contributed by atoms with Crippen LogP contribution in [-0.2, 0) is 0 Å². The topological polar surface area (TPSA) is 53.2 Å². The molecule has 2 aromatic rings. The SMILES string of the molecule is CCN(C(=O)c1c[nH]c(=O)c(Cl)c1)c1cccc(C)c1. The van der Waals surface area contributed by atoms with E-state index in [1.807, 2.05) is 38.1 Å². The highest BCUT2D eigenvalue weighted by Gasteiger charge is 2.17. The number of benzene rings is 1. The van der Waals surface area contributed by atoms with Crippen LogP contribution in [0.15, 0.2) is 41.3 Å². The predicted octanol–water partition coefficient (Wildman–Crippen LogP) is 3.00. The smallest absolute Gasteiger partial charge is 0.266 e. The van der Waals surface area contributed by atoms with Crippen molar-refractivity contribution in [2.75, 3.05) is 11.4 Å². The lowest BCUT2D eigenvalue weighted by molar-refractivity contribution is 0.0988. The number of nitrogens with zero attached hydrogens (tertiary/aromatic N) is 1. The number of halogens is 1. The summed E-state index contributed by atoms with van der Waals surface area (Å²) in [6.07, 6.45) is 1.38. The van der Waals surface area contributed by atoms with E-state index in [9.17, 15) is 9.59 Å². The number of hydrogen-bond donors (Lipinski definition) is 1. The third-order valence-electron chi connectivity index (χ3n) is 2.98. The van der Waals surface area contributed by atoms with Crippen molar-refractivity contribution in [3.63, 3.8) is 0 Å². The Kier molecular flexibility index (Phi) is 4.25. The molecule has 0 bridgehead atoms. The quantitative estimate of drug-likeness (QED) is 0.945. The molecule has 0 saturated carbocycles. The lowest BCUT2D eigenvalue weighted by Gasteiger charge is -2.21. The minimum atomic E-state index is -0.401. The van der Waals surface area contributed by atoms with Crippen LogP contribution >= 0.6 is 11.6 Å². The largest absolute Gasteiger partial charge is 0.327 e. The molecule has 2 rings (SSSR count). The predicted molar refractivity (Wildman–Crippen MR) is 80.6 cm³/mol. The van der Waals surface area contributed by atoms with E-state index in [1.54, 1.807) is 4.90 Å². The van der Waals surface area contributed by atoms with Gasteiger partial charge in [0.05, 0.1) is 5.56 Å². The molecule has 104 valence electrons. The first-order chi connectivity index (χ1) is 9.52. The van der Waals surface area contributed by atoms with Crippen LogP contribution in [0.5, 0.6) is 0 Å². The summed E-state index contributed by atoms with van der Waals surface area (Å²) < 4.78 is 0. The third-order valence-corrected chi connectivity index (χ3v) is 3.26. The van der Waals surface area contributed by atoms with Crippen molar-refractivity contribution in [3.8, 4) is 0 Å². The maximum absolute atomic E-state index is 12.5. The Morgan fingerprint density at radius 2 is 2.10 bits per heavy atom. The Morgan fingerprint density at radius 1 is 1.35 bits per heavy atom. The maximum Gasteiger partial charge on any atom is 0.266 e. The Balaban J connectivity index is 2.38. The van der Waals surface area contributed by atoms with Crippen LogP contribution in [0.4, 0.5) is 5.69 Å². The minimum absolute atomic E-state index is 0.0103. The minimum Gasteiger partial charge on any atom is -0.327 e. The van der Waals surface area contributed by atoms with E-state index >= 15 is 0 Å². The van der Waals surface area contributed by atoms with E-state index in [0.29, 0.717) is 12.1 Å². The molecule has 0 unspecified atom stereocenters. The highest BCUT2D eigenvalue weighted by atomic mass is 35.5. The second kappa shape index (κ2) is 5.92. The van der Waals surface area contributed by atoms with Crippen LogP contribution in [0.2, 0.25) is 5.02 Å². The highest BCUT2D eigenvalue weighted by Crippen LogP contribution is 2.18. The average molecular weight is 291 g/mol. The van der Waals surface area contributed by atoms with Gasteiger partial charge in [-0.15, -0.1) is 0 Å². The zero-order chi connectivity index (χ0) is 14.7. The van der Waals surface area contributed by atoms with Crippen molar-refractivity contribution in [2.45, 2.75) is 13.8 Å². The molecule has 0 fully saturated rings. The van der Waals surface area contributed by atoms with Crippen molar-refractivity contribution >= 4 is 23.2 Å². The van der Waals surface area contributed by atoms with Crippen molar-refractivity contribution in [3.05, 3.63) is 63.0 Å². The van der Waals surface area contributed by atoms with Gasteiger partial charge in [0.15, 0.2) is 0 Å². The fourth-order valence-corrected chi connectivity index (χ4v) is 2.15. The molecule has 0 radical (unpaired) electrons. The van der Waals surface area contributed by atoms with Crippen molar-refractivity contribution in [1.29, 1.82) is 0 Å². The number of aromatic nitrogens is 1. The molecule has 20 heavy (non-hydrogen) atoms. The number of H-pyrrole nitrogens is 1. The molecule has 0 spiro atoms. The summed E-state index contributed by atoms with van der Waals surface area (Å²) in [4.78, 5) is 27.8. The van der Waals surface area contributed by atoms with Gasteiger partial charge < -0.3 is 9.88 Å². The summed E-state index contributed by atoms with van der Waals surface area (Å²) >= 11 is 5.76. The third kappa shape index (κ3) is 2.91. The van der Waals surface area contributed by atoms with Gasteiger partial charge in [-0.3, -0.25) is 9.59 Å². The first kappa shape index (κ1) is 14.3. The standard InChI is InChI=1S/C15H15ClN2O2/c1-3-18(12-6-4-5-10(2)7-12)15(20)11-8-13(16)14(19)17-9-11/h4-9H,3H2,1-2H3,(H,17,19). The van der Waals surface area contributed by atoms with Gasteiger partial charge in [0.2, 0.25) is 0 Å². The second-order valence-electron chi connectivity index (χ2n) is 4.45. The molecule has 1 aromatic heterocycles. The van der Waals surface area contributed by atoms with E-state index in [-0.39, 0.29) is 10.9 Å². The Bertz CT molecular complexity index is 694. The molecule has 1 aromatic carbocycles. The monoisotopic (exact) mass is 290 g/mol. The van der Waals surface area contributed by atoms with Crippen LogP contribution in [0.25, 0.3) is 0 Å². The summed E-state index contributed by atoms with van der Waals surface area (Å²) in [6.45, 7) is 4.39. The van der Waals surface area contributed by atoms with Gasteiger partial charge in [-0.1, -0.05) is 23.7 Å². The number of aryl methyl sites for hydroxylation is 1. The van der Waals surface area contributed by atoms with E-state index in [2.05, 4.69) is 4.98 Å². The number of rotatable bonds is 3. The normalized spacial score (nSPS) is 10.3. The van der Waals surface area contributed by atoms with Crippen LogP contribution in [0.3, 0.4) is 0 Å². The van der Waals surface area contributed by atoms with Gasteiger partial charge in [-0.25, -0.2) is 0 Å². The van der Waals surface area contributed by atoms with Crippen LogP contribution < -0.4 is 10.5 Å². The first-order valence-electron chi connectivity index (χ1n) is 6.29. The number of carbonyl (C=O) groups excluding carboxylic acids is 1. The van der Waals surface area contributed by atoms with Gasteiger partial charge >= 0.3 is 0 Å². The lowest BCUT2D eigenvalue weighted by Crippen LogP contribution is -2.31. The highest BCUT2D eigenvalue weighted by molar-refractivity contribution is 6.30. The molecule has 0 saturated heterocycles. The molecule has 1 amide bonds. The average Bonchev–Trinajstić information content (AvgIpc) is 2.42. The zero-order valence-corrected chi connectivity index (χ0v) is 12.1. The second-order valence-corrected chi connectivity index (χ2v) is 4.86.